The van der Waals surface area contributed by atoms with E-state index in [4.69, 9.17) is 16.3 Å². The molecule has 4 heteroatoms. The first-order valence-corrected chi connectivity index (χ1v) is 10.7. The third-order valence-corrected chi connectivity index (χ3v) is 6.07. The normalized spacial score (nSPS) is 15.4. The summed E-state index contributed by atoms with van der Waals surface area (Å²) in [6.07, 6.45) is 5.90. The molecule has 1 amide bonds. The van der Waals surface area contributed by atoms with Crippen molar-refractivity contribution in [1.29, 1.82) is 0 Å². The molecule has 2 aromatic rings. The highest BCUT2D eigenvalue weighted by atomic mass is 35.5. The molecule has 1 aliphatic carbocycles. The first kappa shape index (κ1) is 20.7. The molecule has 1 saturated carbocycles. The Balaban J connectivity index is 1.84. The van der Waals surface area contributed by atoms with Crippen molar-refractivity contribution < 1.29 is 9.53 Å². The second kappa shape index (κ2) is 9.00. The van der Waals surface area contributed by atoms with Gasteiger partial charge in [0.1, 0.15) is 5.75 Å². The average molecular weight is 400 g/mol. The van der Waals surface area contributed by atoms with Gasteiger partial charge in [-0.2, -0.15) is 0 Å². The number of anilines is 1. The number of hydrogen-bond acceptors (Lipinski definition) is 2. The van der Waals surface area contributed by atoms with Crippen LogP contribution >= 0.6 is 11.6 Å². The summed E-state index contributed by atoms with van der Waals surface area (Å²) in [5.41, 5.74) is 3.31. The van der Waals surface area contributed by atoms with Gasteiger partial charge in [0.05, 0.1) is 12.0 Å². The van der Waals surface area contributed by atoms with E-state index in [1.165, 1.54) is 0 Å². The summed E-state index contributed by atoms with van der Waals surface area (Å²) < 4.78 is 5.94. The van der Waals surface area contributed by atoms with Gasteiger partial charge in [-0.25, -0.2) is 0 Å². The van der Waals surface area contributed by atoms with E-state index >= 15 is 0 Å². The molecule has 0 atom stereocenters. The van der Waals surface area contributed by atoms with E-state index in [1.807, 2.05) is 50.2 Å². The van der Waals surface area contributed by atoms with Gasteiger partial charge < -0.3 is 10.1 Å². The number of aryl methyl sites for hydroxylation is 2. The predicted octanol–water partition coefficient (Wildman–Crippen LogP) is 6.59. The number of nitrogens with one attached hydrogen (secondary N) is 1. The first-order chi connectivity index (χ1) is 13.5. The Morgan fingerprint density at radius 1 is 1.14 bits per heavy atom. The summed E-state index contributed by atoms with van der Waals surface area (Å²) in [5.74, 6) is 0.963. The Kier molecular flexibility index (Phi) is 6.66. The third-order valence-electron chi connectivity index (χ3n) is 5.74. The van der Waals surface area contributed by atoms with E-state index in [1.54, 1.807) is 0 Å². The smallest absolute Gasteiger partial charge is 0.235 e. The fraction of sp³-hybridized carbons (Fsp3) is 0.458. The van der Waals surface area contributed by atoms with Crippen LogP contribution in [-0.2, 0) is 10.2 Å². The quantitative estimate of drug-likeness (QED) is 0.533. The number of hydrogen-bond donors (Lipinski definition) is 1. The first-order valence-electron chi connectivity index (χ1n) is 10.3. The van der Waals surface area contributed by atoms with Crippen molar-refractivity contribution in [3.05, 3.63) is 58.1 Å². The van der Waals surface area contributed by atoms with Crippen LogP contribution in [0, 0.1) is 13.8 Å². The van der Waals surface area contributed by atoms with Crippen LogP contribution in [0.4, 0.5) is 5.69 Å². The molecule has 3 rings (SSSR count). The van der Waals surface area contributed by atoms with E-state index < -0.39 is 5.41 Å². The van der Waals surface area contributed by atoms with E-state index in [0.29, 0.717) is 5.02 Å². The molecule has 28 heavy (non-hydrogen) atoms. The van der Waals surface area contributed by atoms with Gasteiger partial charge in [0.25, 0.3) is 0 Å². The highest BCUT2D eigenvalue weighted by Crippen LogP contribution is 2.44. The molecule has 1 N–H and O–H groups in total. The molecule has 0 unspecified atom stereocenters. The molecule has 0 spiro atoms. The zero-order chi connectivity index (χ0) is 20.1. The molecule has 1 fully saturated rings. The Morgan fingerprint density at radius 2 is 1.79 bits per heavy atom. The molecule has 0 radical (unpaired) electrons. The maximum atomic E-state index is 13.4. The van der Waals surface area contributed by atoms with Crippen LogP contribution in [0.15, 0.2) is 36.4 Å². The number of amides is 1. The Bertz CT molecular complexity index is 817. The Labute approximate surface area is 173 Å². The molecule has 0 bridgehead atoms. The Hall–Kier alpha value is -2.00. The van der Waals surface area contributed by atoms with Crippen LogP contribution in [0.2, 0.25) is 5.02 Å². The highest BCUT2D eigenvalue weighted by Gasteiger charge is 2.43. The summed E-state index contributed by atoms with van der Waals surface area (Å²) in [7, 11) is 0. The molecule has 0 saturated heterocycles. The minimum atomic E-state index is -0.545. The van der Waals surface area contributed by atoms with Crippen molar-refractivity contribution in [3.8, 4) is 5.75 Å². The summed E-state index contributed by atoms with van der Waals surface area (Å²) in [4.78, 5) is 13.4. The van der Waals surface area contributed by atoms with Crippen molar-refractivity contribution in [2.24, 2.45) is 0 Å². The standard InChI is InChI=1S/C24H30ClNO2/c1-4-5-14-28-22-17(2)15-19(16-18(22)3)26-23(27)24(12-8-9-13-24)20-10-6-7-11-21(20)25/h6-7,10-11,15-16H,4-5,8-9,12-14H2,1-3H3,(H,26,27). The maximum Gasteiger partial charge on any atom is 0.235 e. The van der Waals surface area contributed by atoms with Gasteiger partial charge in [-0.1, -0.05) is 56.0 Å². The zero-order valence-electron chi connectivity index (χ0n) is 17.1. The van der Waals surface area contributed by atoms with Crippen LogP contribution in [0.25, 0.3) is 0 Å². The number of benzene rings is 2. The fourth-order valence-corrected chi connectivity index (χ4v) is 4.58. The number of rotatable bonds is 7. The molecule has 2 aromatic carbocycles. The van der Waals surface area contributed by atoms with E-state index in [-0.39, 0.29) is 5.91 Å². The zero-order valence-corrected chi connectivity index (χ0v) is 17.9. The molecule has 0 heterocycles. The lowest BCUT2D eigenvalue weighted by molar-refractivity contribution is -0.121. The summed E-state index contributed by atoms with van der Waals surface area (Å²) in [6.45, 7) is 6.94. The monoisotopic (exact) mass is 399 g/mol. The van der Waals surface area contributed by atoms with Crippen molar-refractivity contribution in [3.63, 3.8) is 0 Å². The van der Waals surface area contributed by atoms with E-state index in [2.05, 4.69) is 12.2 Å². The van der Waals surface area contributed by atoms with E-state index in [9.17, 15) is 4.79 Å². The van der Waals surface area contributed by atoms with Crippen molar-refractivity contribution in [2.75, 3.05) is 11.9 Å². The van der Waals surface area contributed by atoms with Crippen LogP contribution in [0.5, 0.6) is 5.75 Å². The lowest BCUT2D eigenvalue weighted by atomic mass is 9.78. The maximum absolute atomic E-state index is 13.4. The van der Waals surface area contributed by atoms with Crippen molar-refractivity contribution >= 4 is 23.2 Å². The second-order valence-corrected chi connectivity index (χ2v) is 8.27. The van der Waals surface area contributed by atoms with Gasteiger partial charge >= 0.3 is 0 Å². The van der Waals surface area contributed by atoms with E-state index in [0.717, 1.165) is 73.3 Å². The fourth-order valence-electron chi connectivity index (χ4n) is 4.27. The number of ether oxygens (including phenoxy) is 1. The SMILES string of the molecule is CCCCOc1c(C)cc(NC(=O)C2(c3ccccc3Cl)CCCC2)cc1C. The topological polar surface area (TPSA) is 38.3 Å². The number of halogens is 1. The molecular weight excluding hydrogens is 370 g/mol. The molecule has 1 aliphatic rings. The molecular formula is C24H30ClNO2. The largest absolute Gasteiger partial charge is 0.493 e. The van der Waals surface area contributed by atoms with Crippen LogP contribution in [0.1, 0.15) is 62.1 Å². The lowest BCUT2D eigenvalue weighted by Crippen LogP contribution is -2.38. The second-order valence-electron chi connectivity index (χ2n) is 7.86. The van der Waals surface area contributed by atoms with Crippen LogP contribution in [0.3, 0.4) is 0 Å². The van der Waals surface area contributed by atoms with Crippen molar-refractivity contribution in [1.82, 2.24) is 0 Å². The van der Waals surface area contributed by atoms with Gasteiger partial charge in [0.15, 0.2) is 0 Å². The van der Waals surface area contributed by atoms with Gasteiger partial charge in [-0.3, -0.25) is 4.79 Å². The highest BCUT2D eigenvalue weighted by molar-refractivity contribution is 6.31. The number of carbonyl (C=O) groups is 1. The average Bonchev–Trinajstić information content (AvgIpc) is 3.15. The van der Waals surface area contributed by atoms with Crippen LogP contribution in [-0.4, -0.2) is 12.5 Å². The summed E-state index contributed by atoms with van der Waals surface area (Å²) in [6, 6.07) is 11.7. The minimum absolute atomic E-state index is 0.0385. The predicted molar refractivity (Wildman–Crippen MR) is 117 cm³/mol. The number of carbonyl (C=O) groups excluding carboxylic acids is 1. The summed E-state index contributed by atoms with van der Waals surface area (Å²) in [5, 5.41) is 3.85. The van der Waals surface area contributed by atoms with Crippen molar-refractivity contribution in [2.45, 2.75) is 64.7 Å². The molecule has 0 aliphatic heterocycles. The molecule has 3 nitrogen and oxygen atoms in total. The minimum Gasteiger partial charge on any atom is -0.493 e. The molecule has 0 aromatic heterocycles. The number of unbranched alkanes of at least 4 members (excludes halogenated alkanes) is 1. The van der Waals surface area contributed by atoms with Gasteiger partial charge in [-0.05, 0) is 68.0 Å². The van der Waals surface area contributed by atoms with Gasteiger partial charge in [-0.15, -0.1) is 0 Å². The molecule has 150 valence electrons. The summed E-state index contributed by atoms with van der Waals surface area (Å²) >= 11 is 6.48. The lowest BCUT2D eigenvalue weighted by Gasteiger charge is -2.29. The Morgan fingerprint density at radius 3 is 2.39 bits per heavy atom. The van der Waals surface area contributed by atoms with Gasteiger partial charge in [0.2, 0.25) is 5.91 Å². The van der Waals surface area contributed by atoms with Gasteiger partial charge in [0, 0.05) is 10.7 Å². The van der Waals surface area contributed by atoms with Crippen LogP contribution < -0.4 is 10.1 Å². The third kappa shape index (κ3) is 4.20.